The summed E-state index contributed by atoms with van der Waals surface area (Å²) in [6.07, 6.45) is 1.99. The van der Waals surface area contributed by atoms with Crippen LogP contribution in [0.5, 0.6) is 0 Å². The minimum Gasteiger partial charge on any atom is -0.436 e. The quantitative estimate of drug-likeness (QED) is 0.164. The van der Waals surface area contributed by atoms with Crippen molar-refractivity contribution in [3.05, 3.63) is 79.9 Å². The first-order valence-electron chi connectivity index (χ1n) is 11.4. The fourth-order valence-electron chi connectivity index (χ4n) is 4.28. The Morgan fingerprint density at radius 1 is 1.14 bits per heavy atom. The number of piperidine rings is 1. The SMILES string of the molecule is CC1CCN(c2ccc(C(=O)Nc3ccc4oc(-c5cccc(I)c5)nc4c3)cc2[N+](=O)[O-])CC1. The van der Waals surface area contributed by atoms with Crippen LogP contribution in [0, 0.1) is 19.6 Å². The summed E-state index contributed by atoms with van der Waals surface area (Å²) in [6.45, 7) is 3.74. The lowest BCUT2D eigenvalue weighted by Crippen LogP contribution is -2.33. The van der Waals surface area contributed by atoms with Crippen LogP contribution in [-0.4, -0.2) is 28.9 Å². The zero-order valence-corrected chi connectivity index (χ0v) is 21.2. The molecule has 0 bridgehead atoms. The van der Waals surface area contributed by atoms with Crippen molar-refractivity contribution < 1.29 is 14.1 Å². The molecule has 0 atom stereocenters. The van der Waals surface area contributed by atoms with E-state index in [-0.39, 0.29) is 11.3 Å². The van der Waals surface area contributed by atoms with Gasteiger partial charge < -0.3 is 14.6 Å². The Morgan fingerprint density at radius 2 is 1.94 bits per heavy atom. The summed E-state index contributed by atoms with van der Waals surface area (Å²) in [4.78, 5) is 30.9. The lowest BCUT2D eigenvalue weighted by atomic mass is 9.98. The van der Waals surface area contributed by atoms with Crippen LogP contribution >= 0.6 is 22.6 Å². The lowest BCUT2D eigenvalue weighted by Gasteiger charge is -2.31. The van der Waals surface area contributed by atoms with E-state index in [1.165, 1.54) is 6.07 Å². The third-order valence-electron chi connectivity index (χ3n) is 6.28. The summed E-state index contributed by atoms with van der Waals surface area (Å²) in [5, 5.41) is 14.6. The molecule has 9 heteroatoms. The predicted molar refractivity (Wildman–Crippen MR) is 144 cm³/mol. The molecule has 35 heavy (non-hydrogen) atoms. The van der Waals surface area contributed by atoms with Crippen molar-refractivity contribution in [3.63, 3.8) is 0 Å². The van der Waals surface area contributed by atoms with Gasteiger partial charge in [-0.15, -0.1) is 0 Å². The molecule has 0 spiro atoms. The fourth-order valence-corrected chi connectivity index (χ4v) is 4.82. The second kappa shape index (κ2) is 9.65. The summed E-state index contributed by atoms with van der Waals surface area (Å²) in [5.41, 5.74) is 3.35. The van der Waals surface area contributed by atoms with Crippen LogP contribution in [0.15, 0.2) is 65.1 Å². The number of carbonyl (C=O) groups excluding carboxylic acids is 1. The number of anilines is 2. The molecule has 1 aliphatic heterocycles. The number of benzene rings is 3. The molecule has 3 aromatic carbocycles. The van der Waals surface area contributed by atoms with Crippen LogP contribution in [0.4, 0.5) is 17.1 Å². The van der Waals surface area contributed by atoms with E-state index in [2.05, 4.69) is 39.8 Å². The summed E-state index contributed by atoms with van der Waals surface area (Å²) in [7, 11) is 0. The van der Waals surface area contributed by atoms with E-state index in [0.29, 0.717) is 34.3 Å². The zero-order chi connectivity index (χ0) is 24.5. The molecule has 1 N–H and O–H groups in total. The highest BCUT2D eigenvalue weighted by Crippen LogP contribution is 2.33. The molecule has 1 saturated heterocycles. The van der Waals surface area contributed by atoms with Crippen molar-refractivity contribution in [2.45, 2.75) is 19.8 Å². The van der Waals surface area contributed by atoms with Gasteiger partial charge in [-0.1, -0.05) is 13.0 Å². The molecule has 0 saturated carbocycles. The molecule has 1 aromatic heterocycles. The number of amides is 1. The zero-order valence-electron chi connectivity index (χ0n) is 19.0. The second-order valence-corrected chi connectivity index (χ2v) is 10.0. The molecule has 178 valence electrons. The number of hydrogen-bond acceptors (Lipinski definition) is 6. The summed E-state index contributed by atoms with van der Waals surface area (Å²) in [6, 6.07) is 17.7. The Hall–Kier alpha value is -3.47. The number of nitro benzene ring substituents is 1. The number of rotatable bonds is 5. The van der Waals surface area contributed by atoms with Crippen molar-refractivity contribution >= 4 is 56.7 Å². The third kappa shape index (κ3) is 5.00. The fraction of sp³-hybridized carbons (Fsp3) is 0.231. The number of halogens is 1. The van der Waals surface area contributed by atoms with Gasteiger partial charge in [0.1, 0.15) is 11.2 Å². The Labute approximate surface area is 215 Å². The predicted octanol–water partition coefficient (Wildman–Crippen LogP) is 6.50. The average Bonchev–Trinajstić information content (AvgIpc) is 3.28. The number of nitrogens with one attached hydrogen (secondary N) is 1. The number of oxazole rings is 1. The molecule has 5 rings (SSSR count). The Morgan fingerprint density at radius 3 is 2.69 bits per heavy atom. The smallest absolute Gasteiger partial charge is 0.293 e. The topological polar surface area (TPSA) is 102 Å². The van der Waals surface area contributed by atoms with Gasteiger partial charge in [-0.3, -0.25) is 14.9 Å². The number of hydrogen-bond donors (Lipinski definition) is 1. The Balaban J connectivity index is 1.37. The van der Waals surface area contributed by atoms with Crippen molar-refractivity contribution in [2.24, 2.45) is 5.92 Å². The van der Waals surface area contributed by atoms with E-state index in [1.54, 1.807) is 30.3 Å². The lowest BCUT2D eigenvalue weighted by molar-refractivity contribution is -0.384. The van der Waals surface area contributed by atoms with Crippen molar-refractivity contribution in [1.82, 2.24) is 4.98 Å². The molecular weight excluding hydrogens is 559 g/mol. The highest BCUT2D eigenvalue weighted by molar-refractivity contribution is 14.1. The molecule has 0 radical (unpaired) electrons. The largest absolute Gasteiger partial charge is 0.436 e. The van der Waals surface area contributed by atoms with Gasteiger partial charge in [0.05, 0.1) is 4.92 Å². The maximum absolute atomic E-state index is 12.9. The van der Waals surface area contributed by atoms with E-state index in [9.17, 15) is 14.9 Å². The molecule has 0 aliphatic carbocycles. The number of fused-ring (bicyclic) bond motifs is 1. The van der Waals surface area contributed by atoms with Gasteiger partial charge in [0.25, 0.3) is 11.6 Å². The molecule has 1 fully saturated rings. The number of nitro groups is 1. The van der Waals surface area contributed by atoms with Gasteiger partial charge in [-0.2, -0.15) is 0 Å². The molecular formula is C26H23IN4O4. The third-order valence-corrected chi connectivity index (χ3v) is 6.95. The first kappa shape index (κ1) is 23.3. The minimum absolute atomic E-state index is 0.0544. The van der Waals surface area contributed by atoms with Crippen LogP contribution in [0.25, 0.3) is 22.6 Å². The molecule has 8 nitrogen and oxygen atoms in total. The maximum atomic E-state index is 12.9. The standard InChI is InChI=1S/C26H23IN4O4/c1-16-9-11-30(12-10-16)22-7-5-17(14-23(22)31(33)34)25(32)28-20-6-8-24-21(15-20)29-26(35-24)18-3-2-4-19(27)13-18/h2-8,13-16H,9-12H2,1H3,(H,28,32). The highest BCUT2D eigenvalue weighted by Gasteiger charge is 2.25. The second-order valence-electron chi connectivity index (χ2n) is 8.80. The van der Waals surface area contributed by atoms with E-state index >= 15 is 0 Å². The summed E-state index contributed by atoms with van der Waals surface area (Å²) < 4.78 is 6.94. The molecule has 1 amide bonds. The van der Waals surface area contributed by atoms with Gasteiger partial charge in [0.15, 0.2) is 5.58 Å². The van der Waals surface area contributed by atoms with Crippen LogP contribution < -0.4 is 10.2 Å². The van der Waals surface area contributed by atoms with Gasteiger partial charge >= 0.3 is 0 Å². The molecule has 1 aliphatic rings. The first-order valence-corrected chi connectivity index (χ1v) is 12.5. The number of nitrogens with zero attached hydrogens (tertiary/aromatic N) is 3. The van der Waals surface area contributed by atoms with E-state index in [0.717, 1.165) is 35.1 Å². The van der Waals surface area contributed by atoms with E-state index in [1.807, 2.05) is 29.2 Å². The van der Waals surface area contributed by atoms with Crippen LogP contribution in [-0.2, 0) is 0 Å². The Kier molecular flexibility index (Phi) is 6.42. The first-order chi connectivity index (χ1) is 16.9. The molecule has 0 unspecified atom stereocenters. The monoisotopic (exact) mass is 582 g/mol. The minimum atomic E-state index is -0.424. The number of carbonyl (C=O) groups is 1. The summed E-state index contributed by atoms with van der Waals surface area (Å²) in [5.74, 6) is 0.692. The Bertz CT molecular complexity index is 1430. The van der Waals surface area contributed by atoms with Crippen molar-refractivity contribution in [2.75, 3.05) is 23.3 Å². The summed E-state index contributed by atoms with van der Waals surface area (Å²) >= 11 is 2.23. The van der Waals surface area contributed by atoms with Crippen molar-refractivity contribution in [1.29, 1.82) is 0 Å². The van der Waals surface area contributed by atoms with E-state index in [4.69, 9.17) is 4.42 Å². The normalized spacial score (nSPS) is 14.3. The van der Waals surface area contributed by atoms with Gasteiger partial charge in [-0.25, -0.2) is 4.98 Å². The molecule has 2 heterocycles. The molecule has 4 aromatic rings. The van der Waals surface area contributed by atoms with Gasteiger partial charge in [0, 0.05) is 39.5 Å². The average molecular weight is 582 g/mol. The highest BCUT2D eigenvalue weighted by atomic mass is 127. The van der Waals surface area contributed by atoms with Gasteiger partial charge in [0.2, 0.25) is 5.89 Å². The van der Waals surface area contributed by atoms with E-state index < -0.39 is 10.8 Å². The van der Waals surface area contributed by atoms with Crippen LogP contribution in [0.1, 0.15) is 30.1 Å². The van der Waals surface area contributed by atoms with Crippen LogP contribution in [0.3, 0.4) is 0 Å². The van der Waals surface area contributed by atoms with Gasteiger partial charge in [-0.05, 0) is 89.9 Å². The van der Waals surface area contributed by atoms with Crippen LogP contribution in [0.2, 0.25) is 0 Å². The number of aromatic nitrogens is 1. The maximum Gasteiger partial charge on any atom is 0.293 e. The van der Waals surface area contributed by atoms with Crippen molar-refractivity contribution in [3.8, 4) is 11.5 Å².